The molecule has 0 aromatic carbocycles. The second kappa shape index (κ2) is 4.87. The summed E-state index contributed by atoms with van der Waals surface area (Å²) >= 11 is 0. The van der Waals surface area contributed by atoms with Crippen molar-refractivity contribution in [2.24, 2.45) is 0 Å². The van der Waals surface area contributed by atoms with E-state index in [2.05, 4.69) is 0 Å². The maximum atomic E-state index is 12.4. The first-order valence-electron chi connectivity index (χ1n) is 3.59. The van der Waals surface area contributed by atoms with Gasteiger partial charge in [-0.2, -0.15) is 25.3 Å². The highest BCUT2D eigenvalue weighted by Crippen LogP contribution is 2.14. The molecular weight excluding hydrogens is 297 g/mol. The Morgan fingerprint density at radius 2 is 1.25 bits per heavy atom. The van der Waals surface area contributed by atoms with Gasteiger partial charge in [-0.1, -0.05) is 0 Å². The van der Waals surface area contributed by atoms with Crippen molar-refractivity contribution in [3.8, 4) is 0 Å². The van der Waals surface area contributed by atoms with Crippen LogP contribution in [0.15, 0.2) is 0 Å². The van der Waals surface area contributed by atoms with E-state index in [0.29, 0.717) is 0 Å². The lowest BCUT2D eigenvalue weighted by atomic mass is 10.4. The first-order valence-corrected chi connectivity index (χ1v) is 8.14. The summed E-state index contributed by atoms with van der Waals surface area (Å²) in [6, 6.07) is 0. The summed E-state index contributed by atoms with van der Waals surface area (Å²) in [6.07, 6.45) is -1.18. The van der Waals surface area contributed by atoms with Crippen LogP contribution in [0.3, 0.4) is 0 Å². The lowest BCUT2D eigenvalue weighted by Crippen LogP contribution is -2.27. The van der Waals surface area contributed by atoms with Crippen LogP contribution >= 0.6 is 0 Å². The van der Waals surface area contributed by atoms with Crippen molar-refractivity contribution < 1.29 is 36.9 Å². The van der Waals surface area contributed by atoms with Crippen LogP contribution in [-0.4, -0.2) is 42.0 Å². The molecule has 0 rings (SSSR count). The van der Waals surface area contributed by atoms with Crippen LogP contribution in [0.25, 0.3) is 0 Å². The van der Waals surface area contributed by atoms with Gasteiger partial charge in [0, 0.05) is 0 Å². The molecule has 0 aliphatic heterocycles. The quantitative estimate of drug-likeness (QED) is 0.621. The van der Waals surface area contributed by atoms with Gasteiger partial charge in [-0.3, -0.25) is 0 Å². The van der Waals surface area contributed by atoms with Crippen LogP contribution in [0.2, 0.25) is 0 Å². The maximum absolute atomic E-state index is 12.4. The predicted octanol–water partition coefficient (Wildman–Crippen LogP) is -0.357. The van der Waals surface area contributed by atoms with E-state index in [1.165, 1.54) is 0 Å². The highest BCUT2D eigenvalue weighted by Gasteiger charge is 2.31. The zero-order valence-corrected chi connectivity index (χ0v) is 9.96. The summed E-state index contributed by atoms with van der Waals surface area (Å²) in [7, 11) is -15.9. The summed E-state index contributed by atoms with van der Waals surface area (Å²) in [4.78, 5) is 0. The zero-order valence-electron chi connectivity index (χ0n) is 7.51. The largest absolute Gasteiger partial charge is 0.306 e. The first kappa shape index (κ1) is 15.6. The second-order valence-corrected chi connectivity index (χ2v) is 7.35. The van der Waals surface area contributed by atoms with Gasteiger partial charge in [0.2, 0.25) is 0 Å². The van der Waals surface area contributed by atoms with Gasteiger partial charge in [-0.25, -0.2) is 0 Å². The first-order chi connectivity index (χ1) is 6.81. The molecular formula is C4H7F3O6S3. The lowest BCUT2D eigenvalue weighted by Gasteiger charge is -2.07. The second-order valence-electron chi connectivity index (χ2n) is 2.83. The van der Waals surface area contributed by atoms with Gasteiger partial charge in [0.25, 0.3) is 0 Å². The Balaban J connectivity index is 4.87. The van der Waals surface area contributed by atoms with Gasteiger partial charge in [0.1, 0.15) is 5.25 Å². The van der Waals surface area contributed by atoms with Crippen molar-refractivity contribution in [2.75, 3.05) is 11.5 Å². The number of hydrogen-bond donors (Lipinski definition) is 0. The monoisotopic (exact) mass is 304 g/mol. The van der Waals surface area contributed by atoms with Crippen LogP contribution < -0.4 is 0 Å². The molecule has 16 heavy (non-hydrogen) atoms. The molecule has 0 aliphatic rings. The Morgan fingerprint density at radius 1 is 0.812 bits per heavy atom. The van der Waals surface area contributed by atoms with Crippen molar-refractivity contribution >= 4 is 30.7 Å². The molecule has 1 unspecified atom stereocenters. The fourth-order valence-corrected chi connectivity index (χ4v) is 3.66. The highest BCUT2D eigenvalue weighted by atomic mass is 32.3. The minimum atomic E-state index is -5.47. The van der Waals surface area contributed by atoms with Gasteiger partial charge in [-0.15, -0.1) is 11.7 Å². The number of rotatable bonds is 6. The normalized spacial score (nSPS) is 15.9. The third-order valence-electron chi connectivity index (χ3n) is 1.47. The fourth-order valence-electron chi connectivity index (χ4n) is 0.800. The van der Waals surface area contributed by atoms with E-state index in [0.717, 1.165) is 0 Å². The third kappa shape index (κ3) is 7.87. The van der Waals surface area contributed by atoms with E-state index in [-0.39, 0.29) is 0 Å². The molecule has 6 nitrogen and oxygen atoms in total. The summed E-state index contributed by atoms with van der Waals surface area (Å²) in [5, 5.41) is -2.44. The highest BCUT2D eigenvalue weighted by molar-refractivity contribution is 7.90. The average molecular weight is 304 g/mol. The topological polar surface area (TPSA) is 102 Å². The van der Waals surface area contributed by atoms with Crippen molar-refractivity contribution in [1.29, 1.82) is 0 Å². The van der Waals surface area contributed by atoms with Gasteiger partial charge in [-0.05, 0) is 6.42 Å². The average Bonchev–Trinajstić information content (AvgIpc) is 1.91. The van der Waals surface area contributed by atoms with Crippen LogP contribution in [0.4, 0.5) is 11.7 Å². The van der Waals surface area contributed by atoms with Crippen LogP contribution in [0, 0.1) is 0 Å². The maximum Gasteiger partial charge on any atom is 0.306 e. The summed E-state index contributed by atoms with van der Waals surface area (Å²) in [5.74, 6) is -3.16. The molecule has 98 valence electrons. The standard InChI is InChI=1S/C4H7F3O6S3/c5-14(8,9)2-1-4(16(7,12)13)3-15(6,10)11/h4H,1-3H2. The predicted molar refractivity (Wildman–Crippen MR) is 48.2 cm³/mol. The molecule has 0 radical (unpaired) electrons. The Hall–Kier alpha value is -0.360. The molecule has 0 saturated heterocycles. The Bertz CT molecular complexity index is 532. The van der Waals surface area contributed by atoms with Gasteiger partial charge < -0.3 is 0 Å². The van der Waals surface area contributed by atoms with E-state index in [1.54, 1.807) is 0 Å². The van der Waals surface area contributed by atoms with E-state index >= 15 is 0 Å². The van der Waals surface area contributed by atoms with Crippen molar-refractivity contribution in [3.05, 3.63) is 0 Å². The summed E-state index contributed by atoms with van der Waals surface area (Å²) in [5.41, 5.74) is 0. The molecule has 0 aliphatic carbocycles. The number of hydrogen-bond acceptors (Lipinski definition) is 6. The molecule has 0 fully saturated rings. The summed E-state index contributed by atoms with van der Waals surface area (Å²) < 4.78 is 97.2. The van der Waals surface area contributed by atoms with Crippen LogP contribution in [0.1, 0.15) is 6.42 Å². The minimum Gasteiger partial charge on any atom is -0.195 e. The molecule has 0 spiro atoms. The third-order valence-corrected chi connectivity index (χ3v) is 4.40. The molecule has 0 N–H and O–H groups in total. The molecule has 0 aromatic heterocycles. The van der Waals surface area contributed by atoms with E-state index in [1.807, 2.05) is 0 Å². The Morgan fingerprint density at radius 3 is 1.50 bits per heavy atom. The van der Waals surface area contributed by atoms with E-state index in [4.69, 9.17) is 0 Å². The minimum absolute atomic E-state index is 1.18. The van der Waals surface area contributed by atoms with Crippen molar-refractivity contribution in [2.45, 2.75) is 11.7 Å². The molecule has 0 saturated carbocycles. The van der Waals surface area contributed by atoms with E-state index in [9.17, 15) is 36.9 Å². The van der Waals surface area contributed by atoms with Gasteiger partial charge in [0.05, 0.1) is 11.5 Å². The number of halogens is 3. The van der Waals surface area contributed by atoms with Crippen molar-refractivity contribution in [3.63, 3.8) is 0 Å². The van der Waals surface area contributed by atoms with Gasteiger partial charge >= 0.3 is 30.7 Å². The molecule has 0 amide bonds. The fraction of sp³-hybridized carbons (Fsp3) is 1.00. The lowest BCUT2D eigenvalue weighted by molar-refractivity contribution is 0.518. The Kier molecular flexibility index (Phi) is 4.76. The van der Waals surface area contributed by atoms with E-state index < -0.39 is 53.8 Å². The van der Waals surface area contributed by atoms with Crippen molar-refractivity contribution in [1.82, 2.24) is 0 Å². The molecule has 0 bridgehead atoms. The van der Waals surface area contributed by atoms with Crippen LogP contribution in [-0.2, 0) is 30.7 Å². The smallest absolute Gasteiger partial charge is 0.195 e. The molecule has 1 atom stereocenters. The zero-order chi connectivity index (χ0) is 13.2. The van der Waals surface area contributed by atoms with Crippen LogP contribution in [0.5, 0.6) is 0 Å². The Labute approximate surface area is 91.1 Å². The summed E-state index contributed by atoms with van der Waals surface area (Å²) in [6.45, 7) is 0. The molecule has 12 heteroatoms. The SMILES string of the molecule is O=S(=O)(F)CCC(CS(=O)(=O)F)S(=O)(=O)F. The molecule has 0 aromatic rings. The van der Waals surface area contributed by atoms with Gasteiger partial charge in [0.15, 0.2) is 0 Å². The molecule has 0 heterocycles.